The fraction of sp³-hybridized carbons (Fsp3) is 0.923. The maximum atomic E-state index is 11.2. The molecule has 2 fully saturated rings. The molecule has 17 heavy (non-hydrogen) atoms. The van der Waals surface area contributed by atoms with Gasteiger partial charge in [0.2, 0.25) is 5.91 Å². The normalized spacial score (nSPS) is 30.9. The average Bonchev–Trinajstić information content (AvgIpc) is 2.79. The zero-order valence-electron chi connectivity index (χ0n) is 10.6. The van der Waals surface area contributed by atoms with Crippen LogP contribution in [0.25, 0.3) is 0 Å². The molecule has 4 heteroatoms. The van der Waals surface area contributed by atoms with E-state index in [0.717, 1.165) is 12.8 Å². The molecule has 98 valence electrons. The van der Waals surface area contributed by atoms with Crippen molar-refractivity contribution >= 4 is 5.91 Å². The van der Waals surface area contributed by atoms with E-state index in [1.54, 1.807) is 0 Å². The van der Waals surface area contributed by atoms with E-state index in [-0.39, 0.29) is 5.91 Å². The van der Waals surface area contributed by atoms with Crippen LogP contribution in [0.3, 0.4) is 0 Å². The quantitative estimate of drug-likeness (QED) is 0.768. The first-order valence-corrected chi connectivity index (χ1v) is 6.96. The van der Waals surface area contributed by atoms with Gasteiger partial charge in [0.1, 0.15) is 0 Å². The molecule has 0 saturated heterocycles. The van der Waals surface area contributed by atoms with Crippen LogP contribution in [0.2, 0.25) is 0 Å². The second-order valence-corrected chi connectivity index (χ2v) is 5.66. The second kappa shape index (κ2) is 5.83. The van der Waals surface area contributed by atoms with Gasteiger partial charge in [0, 0.05) is 18.1 Å². The average molecular weight is 239 g/mol. The van der Waals surface area contributed by atoms with Crippen LogP contribution in [-0.2, 0) is 4.79 Å². The number of carbonyl (C=O) groups is 1. The molecule has 0 aromatic rings. The van der Waals surface area contributed by atoms with E-state index >= 15 is 0 Å². The predicted molar refractivity (Wildman–Crippen MR) is 68.4 cm³/mol. The lowest BCUT2D eigenvalue weighted by atomic mass is 9.89. The second-order valence-electron chi connectivity index (χ2n) is 5.66. The van der Waals surface area contributed by atoms with Crippen molar-refractivity contribution in [1.29, 1.82) is 0 Å². The summed E-state index contributed by atoms with van der Waals surface area (Å²) in [6.07, 6.45) is 9.55. The van der Waals surface area contributed by atoms with E-state index in [2.05, 4.69) is 4.90 Å². The summed E-state index contributed by atoms with van der Waals surface area (Å²) in [5.41, 5.74) is 11.4. The highest BCUT2D eigenvalue weighted by molar-refractivity contribution is 5.76. The van der Waals surface area contributed by atoms with Crippen molar-refractivity contribution in [1.82, 2.24) is 4.90 Å². The fourth-order valence-corrected chi connectivity index (χ4v) is 3.47. The van der Waals surface area contributed by atoms with Crippen molar-refractivity contribution in [3.8, 4) is 0 Å². The Bertz CT molecular complexity index is 263. The Morgan fingerprint density at radius 1 is 1.06 bits per heavy atom. The number of nitrogens with two attached hydrogens (primary N) is 2. The summed E-state index contributed by atoms with van der Waals surface area (Å²) in [7, 11) is 0. The molecule has 2 rings (SSSR count). The van der Waals surface area contributed by atoms with Gasteiger partial charge in [-0.25, -0.2) is 0 Å². The predicted octanol–water partition coefficient (Wildman–Crippen LogP) is 0.986. The van der Waals surface area contributed by atoms with Crippen LogP contribution in [0, 0.1) is 0 Å². The lowest BCUT2D eigenvalue weighted by Crippen LogP contribution is -2.50. The van der Waals surface area contributed by atoms with Crippen LogP contribution in [-0.4, -0.2) is 35.5 Å². The van der Waals surface area contributed by atoms with Crippen LogP contribution >= 0.6 is 0 Å². The van der Waals surface area contributed by atoms with E-state index in [0.29, 0.717) is 24.7 Å². The third-order valence-corrected chi connectivity index (χ3v) is 4.29. The summed E-state index contributed by atoms with van der Waals surface area (Å²) in [6, 6.07) is 1.36. The number of primary amides is 1. The highest BCUT2D eigenvalue weighted by Crippen LogP contribution is 2.30. The van der Waals surface area contributed by atoms with E-state index in [4.69, 9.17) is 11.5 Å². The molecule has 1 amide bonds. The smallest absolute Gasteiger partial charge is 0.231 e. The van der Waals surface area contributed by atoms with Crippen molar-refractivity contribution in [2.24, 2.45) is 11.5 Å². The highest BCUT2D eigenvalue weighted by atomic mass is 16.1. The van der Waals surface area contributed by atoms with Crippen LogP contribution in [0.15, 0.2) is 0 Å². The van der Waals surface area contributed by atoms with Crippen LogP contribution in [0.1, 0.15) is 51.4 Å². The molecule has 4 nitrogen and oxygen atoms in total. The Morgan fingerprint density at radius 2 is 1.71 bits per heavy atom. The number of rotatable bonds is 4. The molecule has 0 bridgehead atoms. The fourth-order valence-electron chi connectivity index (χ4n) is 3.47. The van der Waals surface area contributed by atoms with Gasteiger partial charge in [-0.15, -0.1) is 0 Å². The molecule has 2 unspecified atom stereocenters. The van der Waals surface area contributed by atoms with Crippen molar-refractivity contribution in [2.45, 2.75) is 69.5 Å². The van der Waals surface area contributed by atoms with Gasteiger partial charge >= 0.3 is 0 Å². The molecular weight excluding hydrogens is 214 g/mol. The van der Waals surface area contributed by atoms with Crippen molar-refractivity contribution in [2.75, 3.05) is 6.54 Å². The van der Waals surface area contributed by atoms with Gasteiger partial charge in [0.25, 0.3) is 0 Å². The van der Waals surface area contributed by atoms with Crippen LogP contribution in [0.4, 0.5) is 0 Å². The van der Waals surface area contributed by atoms with Crippen molar-refractivity contribution in [3.63, 3.8) is 0 Å². The molecule has 2 aliphatic rings. The Kier molecular flexibility index (Phi) is 4.40. The number of carbonyl (C=O) groups excluding carboxylic acids is 1. The number of amides is 1. The number of hydrogen-bond donors (Lipinski definition) is 2. The molecule has 0 aromatic carbocycles. The molecule has 2 aliphatic carbocycles. The first-order valence-electron chi connectivity index (χ1n) is 6.96. The molecule has 0 heterocycles. The largest absolute Gasteiger partial charge is 0.369 e. The lowest BCUT2D eigenvalue weighted by molar-refractivity contribution is -0.120. The maximum absolute atomic E-state index is 11.2. The molecule has 2 saturated carbocycles. The summed E-state index contributed by atoms with van der Waals surface area (Å²) in [4.78, 5) is 13.6. The summed E-state index contributed by atoms with van der Waals surface area (Å²) in [5, 5.41) is 0. The molecule has 0 aromatic heterocycles. The zero-order valence-corrected chi connectivity index (χ0v) is 10.6. The van der Waals surface area contributed by atoms with Crippen molar-refractivity contribution < 1.29 is 4.79 Å². The van der Waals surface area contributed by atoms with Gasteiger partial charge in [-0.3, -0.25) is 9.69 Å². The lowest BCUT2D eigenvalue weighted by Gasteiger charge is -2.39. The van der Waals surface area contributed by atoms with Crippen molar-refractivity contribution in [3.05, 3.63) is 0 Å². The Morgan fingerprint density at radius 3 is 2.29 bits per heavy atom. The number of hydrogen-bond acceptors (Lipinski definition) is 3. The van der Waals surface area contributed by atoms with Crippen LogP contribution in [0.5, 0.6) is 0 Å². The molecular formula is C13H25N3O. The molecule has 0 aliphatic heterocycles. The first-order chi connectivity index (χ1) is 8.16. The highest BCUT2D eigenvalue weighted by Gasteiger charge is 2.32. The first kappa shape index (κ1) is 12.8. The minimum absolute atomic E-state index is 0.198. The Balaban J connectivity index is 1.99. The van der Waals surface area contributed by atoms with E-state index in [9.17, 15) is 4.79 Å². The molecule has 0 radical (unpaired) electrons. The third-order valence-electron chi connectivity index (χ3n) is 4.29. The summed E-state index contributed by atoms with van der Waals surface area (Å²) in [5.74, 6) is -0.198. The summed E-state index contributed by atoms with van der Waals surface area (Å²) in [6.45, 7) is 0.419. The van der Waals surface area contributed by atoms with Gasteiger partial charge in [-0.2, -0.15) is 0 Å². The standard InChI is InChI=1S/C13H25N3O/c14-10-4-3-7-12(8-10)16(9-13(15)17)11-5-1-2-6-11/h10-12H,1-9,14H2,(H2,15,17). The third kappa shape index (κ3) is 3.42. The monoisotopic (exact) mass is 239 g/mol. The van der Waals surface area contributed by atoms with Gasteiger partial charge in [-0.1, -0.05) is 19.3 Å². The Hall–Kier alpha value is -0.610. The Labute approximate surface area is 104 Å². The topological polar surface area (TPSA) is 72.4 Å². The minimum Gasteiger partial charge on any atom is -0.369 e. The van der Waals surface area contributed by atoms with Crippen LogP contribution < -0.4 is 11.5 Å². The minimum atomic E-state index is -0.198. The van der Waals surface area contributed by atoms with Gasteiger partial charge in [0.15, 0.2) is 0 Å². The molecule has 2 atom stereocenters. The van der Waals surface area contributed by atoms with E-state index < -0.39 is 0 Å². The SMILES string of the molecule is NC(=O)CN(C1CCCC1)C1CCCC(N)C1. The number of nitrogens with zero attached hydrogens (tertiary/aromatic N) is 1. The van der Waals surface area contributed by atoms with Gasteiger partial charge in [0.05, 0.1) is 6.54 Å². The maximum Gasteiger partial charge on any atom is 0.231 e. The summed E-state index contributed by atoms with van der Waals surface area (Å²) >= 11 is 0. The van der Waals surface area contributed by atoms with Gasteiger partial charge in [-0.05, 0) is 32.1 Å². The molecule has 0 spiro atoms. The molecule has 4 N–H and O–H groups in total. The van der Waals surface area contributed by atoms with E-state index in [1.807, 2.05) is 0 Å². The zero-order chi connectivity index (χ0) is 12.3. The van der Waals surface area contributed by atoms with E-state index in [1.165, 1.54) is 38.5 Å². The van der Waals surface area contributed by atoms with Gasteiger partial charge < -0.3 is 11.5 Å². The summed E-state index contributed by atoms with van der Waals surface area (Å²) < 4.78 is 0.